The molecule has 3 rings (SSSR count). The molecule has 0 aliphatic heterocycles. The van der Waals surface area contributed by atoms with E-state index in [1.165, 1.54) is 30.3 Å². The van der Waals surface area contributed by atoms with E-state index in [0.717, 1.165) is 0 Å². The number of sulfonamides is 1. The van der Waals surface area contributed by atoms with E-state index in [-0.39, 0.29) is 16.2 Å². The zero-order chi connectivity index (χ0) is 18.2. The molecule has 7 nitrogen and oxygen atoms in total. The molecule has 0 bridgehead atoms. The van der Waals surface area contributed by atoms with Crippen LogP contribution in [0.2, 0.25) is 0 Å². The van der Waals surface area contributed by atoms with Crippen molar-refractivity contribution >= 4 is 38.1 Å². The molecule has 6 N–H and O–H groups in total. The highest BCUT2D eigenvalue weighted by Crippen LogP contribution is 2.32. The predicted octanol–water partition coefficient (Wildman–Crippen LogP) is 2.03. The maximum atomic E-state index is 12.4. The minimum Gasteiger partial charge on any atom is -0.506 e. The molecule has 25 heavy (non-hydrogen) atoms. The molecule has 0 saturated carbocycles. The number of hydrogen-bond donors (Lipinski definition) is 4. The highest BCUT2D eigenvalue weighted by molar-refractivity contribution is 7.89. The van der Waals surface area contributed by atoms with Crippen molar-refractivity contribution in [3.63, 3.8) is 0 Å². The number of anilines is 2. The third-order valence-corrected chi connectivity index (χ3v) is 4.68. The first-order valence-electron chi connectivity index (χ1n) is 7.22. The van der Waals surface area contributed by atoms with Crippen molar-refractivity contribution in [3.8, 4) is 5.75 Å². The summed E-state index contributed by atoms with van der Waals surface area (Å²) in [4.78, 5) is 12.3. The molecule has 0 heterocycles. The van der Waals surface area contributed by atoms with Crippen LogP contribution in [0.3, 0.4) is 0 Å². The summed E-state index contributed by atoms with van der Waals surface area (Å²) in [6, 6.07) is 13.6. The van der Waals surface area contributed by atoms with Crippen LogP contribution in [0.5, 0.6) is 5.75 Å². The smallest absolute Gasteiger partial charge is 0.259 e. The molecule has 8 heteroatoms. The second kappa shape index (κ2) is 6.08. The van der Waals surface area contributed by atoms with Crippen molar-refractivity contribution < 1.29 is 18.3 Å². The molecule has 0 aromatic heterocycles. The lowest BCUT2D eigenvalue weighted by atomic mass is 10.0. The minimum absolute atomic E-state index is 0.0606. The third-order valence-electron chi connectivity index (χ3n) is 3.75. The second-order valence-electron chi connectivity index (χ2n) is 5.43. The van der Waals surface area contributed by atoms with Crippen molar-refractivity contribution in [1.82, 2.24) is 0 Å². The maximum absolute atomic E-state index is 12.4. The number of amides is 1. The molecule has 128 valence electrons. The van der Waals surface area contributed by atoms with Crippen LogP contribution in [-0.4, -0.2) is 19.4 Å². The van der Waals surface area contributed by atoms with Gasteiger partial charge in [0.25, 0.3) is 5.91 Å². The van der Waals surface area contributed by atoms with Crippen LogP contribution in [0.15, 0.2) is 59.5 Å². The fraction of sp³-hybridized carbons (Fsp3) is 0. The summed E-state index contributed by atoms with van der Waals surface area (Å²) >= 11 is 0. The van der Waals surface area contributed by atoms with E-state index in [9.17, 15) is 18.3 Å². The number of phenolic OH excluding ortho intramolecular Hbond substituents is 1. The van der Waals surface area contributed by atoms with Gasteiger partial charge >= 0.3 is 0 Å². The Bertz CT molecular complexity index is 1080. The van der Waals surface area contributed by atoms with E-state index in [1.807, 2.05) is 0 Å². The Balaban J connectivity index is 1.91. The number of primary sulfonamides is 1. The Hall–Kier alpha value is -3.10. The summed E-state index contributed by atoms with van der Waals surface area (Å²) in [6.07, 6.45) is 0. The Labute approximate surface area is 143 Å². The molecule has 3 aromatic rings. The average molecular weight is 357 g/mol. The van der Waals surface area contributed by atoms with E-state index in [2.05, 4.69) is 5.32 Å². The summed E-state index contributed by atoms with van der Waals surface area (Å²) in [5.74, 6) is -0.714. The lowest BCUT2D eigenvalue weighted by Gasteiger charge is -2.10. The molecular weight excluding hydrogens is 342 g/mol. The number of rotatable bonds is 3. The number of phenols is 1. The zero-order valence-electron chi connectivity index (χ0n) is 12.9. The van der Waals surface area contributed by atoms with E-state index in [4.69, 9.17) is 10.9 Å². The lowest BCUT2D eigenvalue weighted by molar-refractivity contribution is 0.102. The van der Waals surface area contributed by atoms with Gasteiger partial charge in [-0.1, -0.05) is 18.2 Å². The van der Waals surface area contributed by atoms with Gasteiger partial charge in [-0.25, -0.2) is 13.6 Å². The monoisotopic (exact) mass is 357 g/mol. The Morgan fingerprint density at radius 3 is 2.28 bits per heavy atom. The number of fused-ring (bicyclic) bond motifs is 1. The number of carbonyl (C=O) groups excluding carboxylic acids is 1. The molecule has 0 saturated heterocycles. The van der Waals surface area contributed by atoms with Crippen molar-refractivity contribution in [2.45, 2.75) is 4.90 Å². The number of aromatic hydroxyl groups is 1. The highest BCUT2D eigenvalue weighted by Gasteiger charge is 2.15. The number of nitrogen functional groups attached to an aromatic ring is 1. The number of hydrogen-bond acceptors (Lipinski definition) is 5. The van der Waals surface area contributed by atoms with Crippen LogP contribution in [0.4, 0.5) is 11.4 Å². The molecule has 0 unspecified atom stereocenters. The summed E-state index contributed by atoms with van der Waals surface area (Å²) in [5, 5.41) is 19.1. The van der Waals surface area contributed by atoms with Crippen molar-refractivity contribution in [2.24, 2.45) is 5.14 Å². The Morgan fingerprint density at radius 1 is 0.960 bits per heavy atom. The molecule has 3 aromatic carbocycles. The van der Waals surface area contributed by atoms with Gasteiger partial charge < -0.3 is 16.2 Å². The van der Waals surface area contributed by atoms with E-state index in [1.54, 1.807) is 24.3 Å². The Kier molecular flexibility index (Phi) is 4.07. The van der Waals surface area contributed by atoms with Crippen LogP contribution in [0.1, 0.15) is 10.4 Å². The molecule has 0 spiro atoms. The zero-order valence-corrected chi connectivity index (χ0v) is 13.7. The normalized spacial score (nSPS) is 11.4. The first kappa shape index (κ1) is 16.7. The molecule has 0 fully saturated rings. The first-order chi connectivity index (χ1) is 11.8. The number of nitrogens with one attached hydrogen (secondary N) is 1. The fourth-order valence-corrected chi connectivity index (χ4v) is 2.99. The van der Waals surface area contributed by atoms with Crippen molar-refractivity contribution in [2.75, 3.05) is 11.1 Å². The molecule has 0 radical (unpaired) electrons. The van der Waals surface area contributed by atoms with Gasteiger partial charge in [0, 0.05) is 22.1 Å². The summed E-state index contributed by atoms with van der Waals surface area (Å²) < 4.78 is 22.5. The second-order valence-corrected chi connectivity index (χ2v) is 6.99. The van der Waals surface area contributed by atoms with Crippen LogP contribution in [-0.2, 0) is 10.0 Å². The van der Waals surface area contributed by atoms with E-state index in [0.29, 0.717) is 22.1 Å². The predicted molar refractivity (Wildman–Crippen MR) is 95.8 cm³/mol. The van der Waals surface area contributed by atoms with Crippen LogP contribution >= 0.6 is 0 Å². The molecule has 0 aliphatic carbocycles. The van der Waals surface area contributed by atoms with Gasteiger partial charge in [-0.05, 0) is 36.4 Å². The van der Waals surface area contributed by atoms with Gasteiger partial charge in [-0.2, -0.15) is 0 Å². The van der Waals surface area contributed by atoms with E-state index < -0.39 is 15.9 Å². The quantitative estimate of drug-likeness (QED) is 0.532. The van der Waals surface area contributed by atoms with Gasteiger partial charge in [0.15, 0.2) is 0 Å². The van der Waals surface area contributed by atoms with Gasteiger partial charge in [0.1, 0.15) is 5.75 Å². The SMILES string of the molecule is Nc1cccc2c(O)c(C(=O)Nc3ccc(S(N)(=O)=O)cc3)ccc12. The average Bonchev–Trinajstić information content (AvgIpc) is 2.55. The summed E-state index contributed by atoms with van der Waals surface area (Å²) in [6.45, 7) is 0. The third kappa shape index (κ3) is 3.25. The van der Waals surface area contributed by atoms with Crippen LogP contribution in [0, 0.1) is 0 Å². The Morgan fingerprint density at radius 2 is 1.64 bits per heavy atom. The number of carbonyl (C=O) groups is 1. The topological polar surface area (TPSA) is 136 Å². The summed E-state index contributed by atoms with van der Waals surface area (Å²) in [7, 11) is -3.80. The molecule has 1 amide bonds. The molecule has 0 atom stereocenters. The van der Waals surface area contributed by atoms with Crippen LogP contribution in [0.25, 0.3) is 10.8 Å². The highest BCUT2D eigenvalue weighted by atomic mass is 32.2. The summed E-state index contributed by atoms with van der Waals surface area (Å²) in [5.41, 5.74) is 6.79. The largest absolute Gasteiger partial charge is 0.506 e. The van der Waals surface area contributed by atoms with Crippen LogP contribution < -0.4 is 16.2 Å². The van der Waals surface area contributed by atoms with E-state index >= 15 is 0 Å². The lowest BCUT2D eigenvalue weighted by Crippen LogP contribution is -2.14. The fourth-order valence-electron chi connectivity index (χ4n) is 2.48. The number of benzene rings is 3. The van der Waals surface area contributed by atoms with Crippen molar-refractivity contribution in [1.29, 1.82) is 0 Å². The van der Waals surface area contributed by atoms with Crippen molar-refractivity contribution in [3.05, 3.63) is 60.2 Å². The first-order valence-corrected chi connectivity index (χ1v) is 8.76. The van der Waals surface area contributed by atoms with Gasteiger partial charge in [-0.15, -0.1) is 0 Å². The molecular formula is C17H15N3O4S. The van der Waals surface area contributed by atoms with Gasteiger partial charge in [-0.3, -0.25) is 4.79 Å². The number of nitrogens with two attached hydrogens (primary N) is 2. The standard InChI is InChI=1S/C17H15N3O4S/c18-15-3-1-2-13-12(15)8-9-14(16(13)21)17(22)20-10-4-6-11(7-5-10)25(19,23)24/h1-9,21H,18H2,(H,20,22)(H2,19,23,24). The van der Waals surface area contributed by atoms with Gasteiger partial charge in [0.2, 0.25) is 10.0 Å². The minimum atomic E-state index is -3.80. The maximum Gasteiger partial charge on any atom is 0.259 e. The molecule has 0 aliphatic rings. The van der Waals surface area contributed by atoms with Gasteiger partial charge in [0.05, 0.1) is 10.5 Å².